The Bertz CT molecular complexity index is 638. The molecule has 22 heavy (non-hydrogen) atoms. The summed E-state index contributed by atoms with van der Waals surface area (Å²) in [5.74, 6) is -0.825. The Labute approximate surface area is 131 Å². The maximum absolute atomic E-state index is 12.0. The summed E-state index contributed by atoms with van der Waals surface area (Å²) in [6, 6.07) is 1.88. The van der Waals surface area contributed by atoms with Crippen LogP contribution in [0.1, 0.15) is 19.2 Å². The van der Waals surface area contributed by atoms with E-state index in [9.17, 15) is 9.59 Å². The number of carboxylic acids is 1. The summed E-state index contributed by atoms with van der Waals surface area (Å²) in [4.78, 5) is 24.1. The standard InChI is InChI=1S/C14H17N3O4S/c1-9(14(19)20)7-17(2)12(18)4-3-11-15-16-13(21-11)10-5-6-22-8-10/h5-6,8-9H,3-4,7H2,1-2H3,(H,19,20). The second-order valence-electron chi connectivity index (χ2n) is 5.03. The Morgan fingerprint density at radius 3 is 2.86 bits per heavy atom. The monoisotopic (exact) mass is 323 g/mol. The largest absolute Gasteiger partial charge is 0.481 e. The molecule has 1 atom stereocenters. The van der Waals surface area contributed by atoms with Crippen molar-refractivity contribution in [2.75, 3.05) is 13.6 Å². The van der Waals surface area contributed by atoms with Gasteiger partial charge in [-0.2, -0.15) is 11.3 Å². The van der Waals surface area contributed by atoms with E-state index in [0.717, 1.165) is 5.56 Å². The third kappa shape index (κ3) is 4.14. The van der Waals surface area contributed by atoms with Crippen molar-refractivity contribution in [3.8, 4) is 11.5 Å². The summed E-state index contributed by atoms with van der Waals surface area (Å²) >= 11 is 1.54. The van der Waals surface area contributed by atoms with E-state index in [4.69, 9.17) is 9.52 Å². The van der Waals surface area contributed by atoms with Crippen LogP contribution in [0.2, 0.25) is 0 Å². The summed E-state index contributed by atoms with van der Waals surface area (Å²) in [5, 5.41) is 20.5. The minimum absolute atomic E-state index is 0.150. The van der Waals surface area contributed by atoms with E-state index in [1.54, 1.807) is 14.0 Å². The molecule has 0 fully saturated rings. The van der Waals surface area contributed by atoms with Crippen LogP contribution in [0.4, 0.5) is 0 Å². The van der Waals surface area contributed by atoms with Crippen molar-refractivity contribution in [3.63, 3.8) is 0 Å². The minimum atomic E-state index is -0.919. The molecule has 0 aliphatic rings. The number of amides is 1. The number of aromatic nitrogens is 2. The lowest BCUT2D eigenvalue weighted by molar-refractivity contribution is -0.142. The van der Waals surface area contributed by atoms with Crippen LogP contribution in [0, 0.1) is 5.92 Å². The average Bonchev–Trinajstić information content (AvgIpc) is 3.15. The van der Waals surface area contributed by atoms with Gasteiger partial charge in [-0.05, 0) is 11.4 Å². The second kappa shape index (κ2) is 7.17. The first-order valence-electron chi connectivity index (χ1n) is 6.79. The second-order valence-corrected chi connectivity index (χ2v) is 5.81. The van der Waals surface area contributed by atoms with E-state index in [0.29, 0.717) is 18.2 Å². The molecule has 118 valence electrons. The molecule has 0 aliphatic heterocycles. The lowest BCUT2D eigenvalue weighted by Gasteiger charge is -2.19. The Morgan fingerprint density at radius 2 is 2.23 bits per heavy atom. The molecular formula is C14H17N3O4S. The lowest BCUT2D eigenvalue weighted by atomic mass is 10.1. The number of hydrogen-bond acceptors (Lipinski definition) is 6. The molecule has 1 N–H and O–H groups in total. The molecular weight excluding hydrogens is 306 g/mol. The average molecular weight is 323 g/mol. The number of hydrogen-bond donors (Lipinski definition) is 1. The molecule has 0 radical (unpaired) electrons. The van der Waals surface area contributed by atoms with E-state index >= 15 is 0 Å². The van der Waals surface area contributed by atoms with Crippen molar-refractivity contribution in [3.05, 3.63) is 22.7 Å². The van der Waals surface area contributed by atoms with Crippen LogP contribution < -0.4 is 0 Å². The normalized spacial score (nSPS) is 12.1. The smallest absolute Gasteiger partial charge is 0.308 e. The summed E-state index contributed by atoms with van der Waals surface area (Å²) in [6.45, 7) is 1.75. The van der Waals surface area contributed by atoms with E-state index in [-0.39, 0.29) is 18.9 Å². The Balaban J connectivity index is 1.85. The van der Waals surface area contributed by atoms with Crippen LogP contribution in [-0.2, 0) is 16.0 Å². The molecule has 0 saturated heterocycles. The van der Waals surface area contributed by atoms with Crippen molar-refractivity contribution in [1.29, 1.82) is 0 Å². The van der Waals surface area contributed by atoms with Crippen LogP contribution in [-0.4, -0.2) is 45.7 Å². The highest BCUT2D eigenvalue weighted by molar-refractivity contribution is 7.08. The molecule has 7 nitrogen and oxygen atoms in total. The van der Waals surface area contributed by atoms with E-state index in [1.807, 2.05) is 16.8 Å². The SMILES string of the molecule is CC(CN(C)C(=O)CCc1nnc(-c2ccsc2)o1)C(=O)O. The fourth-order valence-electron chi connectivity index (χ4n) is 1.85. The summed E-state index contributed by atoms with van der Waals surface area (Å²) in [5.41, 5.74) is 0.863. The van der Waals surface area contributed by atoms with Crippen molar-refractivity contribution in [2.45, 2.75) is 19.8 Å². The van der Waals surface area contributed by atoms with Gasteiger partial charge in [-0.25, -0.2) is 0 Å². The van der Waals surface area contributed by atoms with Crippen molar-refractivity contribution in [2.24, 2.45) is 5.92 Å². The molecule has 0 aromatic carbocycles. The molecule has 0 aliphatic carbocycles. The molecule has 2 rings (SSSR count). The first-order chi connectivity index (χ1) is 10.5. The van der Waals surface area contributed by atoms with Gasteiger partial charge in [0.25, 0.3) is 0 Å². The fraction of sp³-hybridized carbons (Fsp3) is 0.429. The molecule has 0 spiro atoms. The molecule has 1 unspecified atom stereocenters. The molecule has 2 heterocycles. The van der Waals surface area contributed by atoms with Gasteiger partial charge in [0.05, 0.1) is 5.92 Å². The molecule has 2 aromatic rings. The van der Waals surface area contributed by atoms with E-state index in [1.165, 1.54) is 16.2 Å². The Kier molecular flexibility index (Phi) is 5.26. The summed E-state index contributed by atoms with van der Waals surface area (Å²) in [6.07, 6.45) is 0.538. The predicted octanol–water partition coefficient (Wildman–Crippen LogP) is 1.91. The van der Waals surface area contributed by atoms with Gasteiger partial charge in [-0.1, -0.05) is 6.92 Å². The van der Waals surface area contributed by atoms with Crippen LogP contribution in [0.3, 0.4) is 0 Å². The zero-order valence-electron chi connectivity index (χ0n) is 12.4. The lowest BCUT2D eigenvalue weighted by Crippen LogP contribution is -2.33. The number of carboxylic acid groups (broad SMARTS) is 1. The predicted molar refractivity (Wildman–Crippen MR) is 80.4 cm³/mol. The van der Waals surface area contributed by atoms with Gasteiger partial charge >= 0.3 is 5.97 Å². The van der Waals surface area contributed by atoms with Crippen LogP contribution in [0.25, 0.3) is 11.5 Å². The highest BCUT2D eigenvalue weighted by Gasteiger charge is 2.18. The summed E-state index contributed by atoms with van der Waals surface area (Å²) in [7, 11) is 1.59. The zero-order chi connectivity index (χ0) is 16.1. The van der Waals surface area contributed by atoms with Gasteiger partial charge < -0.3 is 14.4 Å². The quantitative estimate of drug-likeness (QED) is 0.836. The van der Waals surface area contributed by atoms with Crippen molar-refractivity contribution in [1.82, 2.24) is 15.1 Å². The number of aryl methyl sites for hydroxylation is 1. The number of rotatable bonds is 7. The first-order valence-corrected chi connectivity index (χ1v) is 7.73. The third-order valence-corrected chi connectivity index (χ3v) is 3.87. The zero-order valence-corrected chi connectivity index (χ0v) is 13.2. The topological polar surface area (TPSA) is 96.5 Å². The molecule has 0 bridgehead atoms. The molecule has 1 amide bonds. The van der Waals surface area contributed by atoms with Gasteiger partial charge in [0.2, 0.25) is 17.7 Å². The van der Waals surface area contributed by atoms with Crippen molar-refractivity contribution >= 4 is 23.2 Å². The number of carbonyl (C=O) groups is 2. The fourth-order valence-corrected chi connectivity index (χ4v) is 2.48. The van der Waals surface area contributed by atoms with Crippen LogP contribution in [0.15, 0.2) is 21.2 Å². The van der Waals surface area contributed by atoms with Crippen LogP contribution >= 0.6 is 11.3 Å². The maximum Gasteiger partial charge on any atom is 0.308 e. The van der Waals surface area contributed by atoms with Crippen molar-refractivity contribution < 1.29 is 19.1 Å². The van der Waals surface area contributed by atoms with Gasteiger partial charge in [0.1, 0.15) is 0 Å². The Morgan fingerprint density at radius 1 is 1.45 bits per heavy atom. The third-order valence-electron chi connectivity index (χ3n) is 3.18. The van der Waals surface area contributed by atoms with Gasteiger partial charge in [0, 0.05) is 37.4 Å². The Hall–Kier alpha value is -2.22. The number of nitrogens with zero attached hydrogens (tertiary/aromatic N) is 3. The van der Waals surface area contributed by atoms with Gasteiger partial charge in [-0.3, -0.25) is 9.59 Å². The number of aliphatic carboxylic acids is 1. The van der Waals surface area contributed by atoms with Gasteiger partial charge in [-0.15, -0.1) is 10.2 Å². The van der Waals surface area contributed by atoms with E-state index in [2.05, 4.69) is 10.2 Å². The number of thiophene rings is 1. The molecule has 8 heteroatoms. The number of carbonyl (C=O) groups excluding carboxylic acids is 1. The maximum atomic E-state index is 12.0. The molecule has 0 saturated carbocycles. The van der Waals surface area contributed by atoms with Crippen LogP contribution in [0.5, 0.6) is 0 Å². The summed E-state index contributed by atoms with van der Waals surface area (Å²) < 4.78 is 5.50. The highest BCUT2D eigenvalue weighted by Crippen LogP contribution is 2.20. The van der Waals surface area contributed by atoms with E-state index < -0.39 is 11.9 Å². The first kappa shape index (κ1) is 16.2. The van der Waals surface area contributed by atoms with Gasteiger partial charge in [0.15, 0.2) is 0 Å². The molecule has 2 aromatic heterocycles. The minimum Gasteiger partial charge on any atom is -0.481 e. The highest BCUT2D eigenvalue weighted by atomic mass is 32.1.